The van der Waals surface area contributed by atoms with Crippen LogP contribution >= 0.6 is 0 Å². The Kier molecular flexibility index (Phi) is 3.45. The molecule has 0 aliphatic rings. The molecule has 0 saturated heterocycles. The second-order valence-corrected chi connectivity index (χ2v) is 4.15. The molecule has 17 heavy (non-hydrogen) atoms. The van der Waals surface area contributed by atoms with E-state index in [-0.39, 0.29) is 6.04 Å². The Balaban J connectivity index is 2.41. The lowest BCUT2D eigenvalue weighted by atomic mass is 10.0. The van der Waals surface area contributed by atoms with Gasteiger partial charge in [0.05, 0.1) is 7.11 Å². The molecule has 0 spiro atoms. The largest absolute Gasteiger partial charge is 0.497 e. The quantitative estimate of drug-likeness (QED) is 0.872. The van der Waals surface area contributed by atoms with Gasteiger partial charge in [0.2, 0.25) is 0 Å². The molecule has 1 atom stereocenters. The average Bonchev–Trinajstić information content (AvgIpc) is 2.39. The van der Waals surface area contributed by atoms with Crippen molar-refractivity contribution in [3.05, 3.63) is 54.1 Å². The fraction of sp³-hybridized carbons (Fsp3) is 0.200. The van der Waals surface area contributed by atoms with Gasteiger partial charge in [0, 0.05) is 6.04 Å². The van der Waals surface area contributed by atoms with E-state index in [2.05, 4.69) is 18.2 Å². The van der Waals surface area contributed by atoms with Gasteiger partial charge >= 0.3 is 0 Å². The van der Waals surface area contributed by atoms with Crippen molar-refractivity contribution in [2.24, 2.45) is 5.73 Å². The second-order valence-electron chi connectivity index (χ2n) is 4.15. The summed E-state index contributed by atoms with van der Waals surface area (Å²) >= 11 is 0. The molecular weight excluding hydrogens is 210 g/mol. The number of hydrogen-bond acceptors (Lipinski definition) is 2. The van der Waals surface area contributed by atoms with Gasteiger partial charge in [-0.2, -0.15) is 0 Å². The van der Waals surface area contributed by atoms with E-state index in [1.54, 1.807) is 7.11 Å². The summed E-state index contributed by atoms with van der Waals surface area (Å²) in [4.78, 5) is 0. The predicted octanol–water partition coefficient (Wildman–Crippen LogP) is 3.38. The highest BCUT2D eigenvalue weighted by Crippen LogP contribution is 2.25. The third-order valence-corrected chi connectivity index (χ3v) is 2.82. The first-order valence-corrected chi connectivity index (χ1v) is 5.70. The van der Waals surface area contributed by atoms with Crippen molar-refractivity contribution < 1.29 is 4.74 Å². The molecule has 2 rings (SSSR count). The van der Waals surface area contributed by atoms with Gasteiger partial charge in [-0.15, -0.1) is 0 Å². The summed E-state index contributed by atoms with van der Waals surface area (Å²) in [6, 6.07) is 16.4. The van der Waals surface area contributed by atoms with Crippen molar-refractivity contribution in [3.8, 4) is 16.9 Å². The van der Waals surface area contributed by atoms with Crippen molar-refractivity contribution in [1.29, 1.82) is 0 Å². The molecule has 2 heteroatoms. The highest BCUT2D eigenvalue weighted by Gasteiger charge is 2.03. The molecule has 2 aromatic carbocycles. The maximum atomic E-state index is 5.89. The van der Waals surface area contributed by atoms with Crippen LogP contribution in [0.5, 0.6) is 5.75 Å². The third-order valence-electron chi connectivity index (χ3n) is 2.82. The Morgan fingerprint density at radius 2 is 1.65 bits per heavy atom. The molecule has 88 valence electrons. The molecule has 0 aliphatic heterocycles. The topological polar surface area (TPSA) is 35.2 Å². The smallest absolute Gasteiger partial charge is 0.119 e. The van der Waals surface area contributed by atoms with Crippen LogP contribution < -0.4 is 10.5 Å². The van der Waals surface area contributed by atoms with Gasteiger partial charge in [-0.25, -0.2) is 0 Å². The van der Waals surface area contributed by atoms with Crippen LogP contribution in [-0.2, 0) is 0 Å². The standard InChI is InChI=1S/C15H17NO/c1-11(16)12-5-3-6-13(9-12)14-7-4-8-15(10-14)17-2/h3-11H,16H2,1-2H3/t11-/m1/s1. The zero-order valence-corrected chi connectivity index (χ0v) is 10.2. The molecule has 0 amide bonds. The molecule has 0 heterocycles. The summed E-state index contributed by atoms with van der Waals surface area (Å²) in [5.74, 6) is 0.869. The van der Waals surface area contributed by atoms with Crippen molar-refractivity contribution >= 4 is 0 Å². The average molecular weight is 227 g/mol. The van der Waals surface area contributed by atoms with Gasteiger partial charge in [-0.1, -0.05) is 30.3 Å². The fourth-order valence-electron chi connectivity index (χ4n) is 1.80. The van der Waals surface area contributed by atoms with E-state index in [0.29, 0.717) is 0 Å². The molecule has 2 aromatic rings. The molecule has 0 aliphatic carbocycles. The first-order valence-electron chi connectivity index (χ1n) is 5.70. The normalized spacial score (nSPS) is 12.2. The van der Waals surface area contributed by atoms with Gasteiger partial charge in [0.1, 0.15) is 5.75 Å². The monoisotopic (exact) mass is 227 g/mol. The van der Waals surface area contributed by atoms with E-state index in [1.165, 1.54) is 5.56 Å². The number of ether oxygens (including phenoxy) is 1. The molecule has 2 N–H and O–H groups in total. The Hall–Kier alpha value is -1.80. The van der Waals surface area contributed by atoms with Gasteiger partial charge < -0.3 is 10.5 Å². The SMILES string of the molecule is COc1cccc(-c2cccc([C@@H](C)N)c2)c1. The zero-order valence-electron chi connectivity index (χ0n) is 10.2. The summed E-state index contributed by atoms with van der Waals surface area (Å²) in [6.07, 6.45) is 0. The molecule has 0 fully saturated rings. The number of nitrogens with two attached hydrogens (primary N) is 1. The highest BCUT2D eigenvalue weighted by atomic mass is 16.5. The van der Waals surface area contributed by atoms with Crippen LogP contribution in [0.25, 0.3) is 11.1 Å². The van der Waals surface area contributed by atoms with Gasteiger partial charge in [-0.3, -0.25) is 0 Å². The Bertz CT molecular complexity index is 506. The molecule has 2 nitrogen and oxygen atoms in total. The van der Waals surface area contributed by atoms with E-state index in [0.717, 1.165) is 16.9 Å². The minimum absolute atomic E-state index is 0.0561. The van der Waals surface area contributed by atoms with E-state index in [4.69, 9.17) is 10.5 Å². The van der Waals surface area contributed by atoms with Crippen molar-refractivity contribution in [2.45, 2.75) is 13.0 Å². The Morgan fingerprint density at radius 3 is 2.29 bits per heavy atom. The van der Waals surface area contributed by atoms with Crippen LogP contribution in [0.4, 0.5) is 0 Å². The van der Waals surface area contributed by atoms with E-state index >= 15 is 0 Å². The number of methoxy groups -OCH3 is 1. The van der Waals surface area contributed by atoms with Gasteiger partial charge in [0.25, 0.3) is 0 Å². The van der Waals surface area contributed by atoms with Gasteiger partial charge in [-0.05, 0) is 41.8 Å². The Morgan fingerprint density at radius 1 is 1.00 bits per heavy atom. The number of hydrogen-bond donors (Lipinski definition) is 1. The van der Waals surface area contributed by atoms with Crippen LogP contribution in [0.15, 0.2) is 48.5 Å². The first kappa shape index (κ1) is 11.7. The van der Waals surface area contributed by atoms with Crippen LogP contribution in [0.2, 0.25) is 0 Å². The van der Waals surface area contributed by atoms with Crippen LogP contribution in [0, 0.1) is 0 Å². The molecule has 0 bridgehead atoms. The highest BCUT2D eigenvalue weighted by molar-refractivity contribution is 5.65. The summed E-state index contributed by atoms with van der Waals surface area (Å²) in [5, 5.41) is 0. The van der Waals surface area contributed by atoms with Crippen molar-refractivity contribution in [2.75, 3.05) is 7.11 Å². The zero-order chi connectivity index (χ0) is 12.3. The minimum atomic E-state index is 0.0561. The lowest BCUT2D eigenvalue weighted by Crippen LogP contribution is -2.04. The summed E-state index contributed by atoms with van der Waals surface area (Å²) in [6.45, 7) is 1.99. The number of rotatable bonds is 3. The summed E-state index contributed by atoms with van der Waals surface area (Å²) < 4.78 is 5.23. The molecule has 0 aromatic heterocycles. The van der Waals surface area contributed by atoms with Gasteiger partial charge in [0.15, 0.2) is 0 Å². The maximum Gasteiger partial charge on any atom is 0.119 e. The molecule has 0 saturated carbocycles. The summed E-state index contributed by atoms with van der Waals surface area (Å²) in [5.41, 5.74) is 9.35. The van der Waals surface area contributed by atoms with Crippen LogP contribution in [-0.4, -0.2) is 7.11 Å². The van der Waals surface area contributed by atoms with Crippen molar-refractivity contribution in [1.82, 2.24) is 0 Å². The predicted molar refractivity (Wildman–Crippen MR) is 71.0 cm³/mol. The van der Waals surface area contributed by atoms with E-state index in [9.17, 15) is 0 Å². The molecular formula is C15H17NO. The van der Waals surface area contributed by atoms with Crippen LogP contribution in [0.3, 0.4) is 0 Å². The van der Waals surface area contributed by atoms with E-state index in [1.807, 2.05) is 37.3 Å². The number of benzene rings is 2. The lowest BCUT2D eigenvalue weighted by molar-refractivity contribution is 0.415. The second kappa shape index (κ2) is 5.02. The fourth-order valence-corrected chi connectivity index (χ4v) is 1.80. The van der Waals surface area contributed by atoms with E-state index < -0.39 is 0 Å². The maximum absolute atomic E-state index is 5.89. The third kappa shape index (κ3) is 2.66. The molecule has 0 radical (unpaired) electrons. The Labute approximate surface area is 102 Å². The lowest BCUT2D eigenvalue weighted by Gasteiger charge is -2.09. The minimum Gasteiger partial charge on any atom is -0.497 e. The van der Waals surface area contributed by atoms with Crippen molar-refractivity contribution in [3.63, 3.8) is 0 Å². The molecule has 0 unspecified atom stereocenters. The summed E-state index contributed by atoms with van der Waals surface area (Å²) in [7, 11) is 1.68. The first-order chi connectivity index (χ1) is 8.20. The van der Waals surface area contributed by atoms with Crippen LogP contribution in [0.1, 0.15) is 18.5 Å².